The maximum atomic E-state index is 11.9. The summed E-state index contributed by atoms with van der Waals surface area (Å²) in [5, 5.41) is 17.5. The van der Waals surface area contributed by atoms with Gasteiger partial charge in [-0.15, -0.1) is 0 Å². The van der Waals surface area contributed by atoms with Crippen molar-refractivity contribution in [3.63, 3.8) is 0 Å². The SMILES string of the molecule is CCCOc1ccc(S(=O)(=O)N[C@@H](CO)C(=O)O)cc1. The second-order valence-corrected chi connectivity index (χ2v) is 5.73. The average molecular weight is 303 g/mol. The van der Waals surface area contributed by atoms with Gasteiger partial charge in [-0.25, -0.2) is 8.42 Å². The number of hydrogen-bond donors (Lipinski definition) is 3. The fourth-order valence-corrected chi connectivity index (χ4v) is 2.54. The Morgan fingerprint density at radius 2 is 1.95 bits per heavy atom. The van der Waals surface area contributed by atoms with E-state index in [1.165, 1.54) is 24.3 Å². The number of aliphatic carboxylic acids is 1. The monoisotopic (exact) mass is 303 g/mol. The number of ether oxygens (including phenoxy) is 1. The van der Waals surface area contributed by atoms with Gasteiger partial charge >= 0.3 is 5.97 Å². The van der Waals surface area contributed by atoms with Gasteiger partial charge in [-0.3, -0.25) is 4.79 Å². The lowest BCUT2D eigenvalue weighted by molar-refractivity contribution is -0.139. The lowest BCUT2D eigenvalue weighted by atomic mass is 10.3. The first kappa shape index (κ1) is 16.4. The molecule has 0 saturated heterocycles. The lowest BCUT2D eigenvalue weighted by Crippen LogP contribution is -2.43. The molecule has 0 saturated carbocycles. The molecular formula is C12H17NO6S. The first-order valence-corrected chi connectivity index (χ1v) is 7.48. The van der Waals surface area contributed by atoms with E-state index >= 15 is 0 Å². The van der Waals surface area contributed by atoms with Gasteiger partial charge in [-0.1, -0.05) is 6.92 Å². The molecule has 8 heteroatoms. The number of sulfonamides is 1. The minimum absolute atomic E-state index is 0.0963. The Kier molecular flexibility index (Phi) is 5.93. The molecule has 1 rings (SSSR count). The molecule has 0 spiro atoms. The van der Waals surface area contributed by atoms with Gasteiger partial charge in [0.1, 0.15) is 11.8 Å². The van der Waals surface area contributed by atoms with E-state index in [1.807, 2.05) is 11.6 Å². The number of aliphatic hydroxyl groups is 1. The van der Waals surface area contributed by atoms with Gasteiger partial charge in [-0.2, -0.15) is 4.72 Å². The molecule has 1 aromatic rings. The summed E-state index contributed by atoms with van der Waals surface area (Å²) < 4.78 is 31.0. The molecule has 0 aliphatic heterocycles. The minimum atomic E-state index is -4.00. The third kappa shape index (κ3) is 4.48. The summed E-state index contributed by atoms with van der Waals surface area (Å²) in [7, 11) is -4.00. The summed E-state index contributed by atoms with van der Waals surface area (Å²) in [5.41, 5.74) is 0. The van der Waals surface area contributed by atoms with Crippen LogP contribution in [0.1, 0.15) is 13.3 Å². The van der Waals surface area contributed by atoms with Gasteiger partial charge in [0.25, 0.3) is 0 Å². The van der Waals surface area contributed by atoms with Crippen molar-refractivity contribution in [2.24, 2.45) is 0 Å². The minimum Gasteiger partial charge on any atom is -0.494 e. The second kappa shape index (κ2) is 7.22. The van der Waals surface area contributed by atoms with E-state index in [2.05, 4.69) is 0 Å². The van der Waals surface area contributed by atoms with Crippen LogP contribution >= 0.6 is 0 Å². The van der Waals surface area contributed by atoms with Gasteiger partial charge in [0.05, 0.1) is 18.1 Å². The molecule has 0 unspecified atom stereocenters. The molecule has 0 bridgehead atoms. The molecule has 3 N–H and O–H groups in total. The van der Waals surface area contributed by atoms with Gasteiger partial charge in [0.2, 0.25) is 10.0 Å². The van der Waals surface area contributed by atoms with E-state index in [1.54, 1.807) is 0 Å². The molecule has 1 aromatic carbocycles. The van der Waals surface area contributed by atoms with Gasteiger partial charge in [-0.05, 0) is 30.7 Å². The average Bonchev–Trinajstić information content (AvgIpc) is 2.42. The fourth-order valence-electron chi connectivity index (χ4n) is 1.36. The van der Waals surface area contributed by atoms with Crippen molar-refractivity contribution >= 4 is 16.0 Å². The quantitative estimate of drug-likeness (QED) is 0.632. The Bertz CT molecular complexity index is 540. The predicted molar refractivity (Wildman–Crippen MR) is 71.1 cm³/mol. The third-order valence-corrected chi connectivity index (χ3v) is 3.87. The van der Waals surface area contributed by atoms with Crippen LogP contribution in [0.15, 0.2) is 29.2 Å². The van der Waals surface area contributed by atoms with Crippen molar-refractivity contribution in [1.29, 1.82) is 0 Å². The Morgan fingerprint density at radius 3 is 2.40 bits per heavy atom. The highest BCUT2D eigenvalue weighted by molar-refractivity contribution is 7.89. The molecule has 0 amide bonds. The van der Waals surface area contributed by atoms with Crippen LogP contribution in [0.2, 0.25) is 0 Å². The van der Waals surface area contributed by atoms with Crippen molar-refractivity contribution in [2.45, 2.75) is 24.3 Å². The number of aliphatic hydroxyl groups excluding tert-OH is 1. The van der Waals surface area contributed by atoms with Crippen LogP contribution in [0.4, 0.5) is 0 Å². The Balaban J connectivity index is 2.84. The summed E-state index contributed by atoms with van der Waals surface area (Å²) in [6.07, 6.45) is 0.832. The van der Waals surface area contributed by atoms with E-state index in [4.69, 9.17) is 14.9 Å². The predicted octanol–water partition coefficient (Wildman–Crippen LogP) is 0.199. The normalized spacial score (nSPS) is 12.9. The lowest BCUT2D eigenvalue weighted by Gasteiger charge is -2.12. The van der Waals surface area contributed by atoms with Crippen molar-refractivity contribution in [3.8, 4) is 5.75 Å². The van der Waals surface area contributed by atoms with Crippen molar-refractivity contribution in [3.05, 3.63) is 24.3 Å². The maximum absolute atomic E-state index is 11.9. The Morgan fingerprint density at radius 1 is 1.35 bits per heavy atom. The van der Waals surface area contributed by atoms with E-state index in [0.29, 0.717) is 12.4 Å². The van der Waals surface area contributed by atoms with Crippen LogP contribution in [-0.4, -0.2) is 43.9 Å². The highest BCUT2D eigenvalue weighted by Gasteiger charge is 2.24. The standard InChI is InChI=1S/C12H17NO6S/c1-2-7-19-9-3-5-10(6-4-9)20(17,18)13-11(8-14)12(15)16/h3-6,11,13-14H,2,7-8H2,1H3,(H,15,16)/t11-/m0/s1. The van der Waals surface area contributed by atoms with Crippen LogP contribution in [0.25, 0.3) is 0 Å². The third-order valence-electron chi connectivity index (χ3n) is 2.38. The number of hydrogen-bond acceptors (Lipinski definition) is 5. The summed E-state index contributed by atoms with van der Waals surface area (Å²) in [6.45, 7) is 1.64. The molecule has 0 aliphatic rings. The summed E-state index contributed by atoms with van der Waals surface area (Å²) in [6, 6.07) is 4.02. The zero-order valence-corrected chi connectivity index (χ0v) is 11.8. The molecular weight excluding hydrogens is 286 g/mol. The van der Waals surface area contributed by atoms with E-state index in [-0.39, 0.29) is 4.90 Å². The molecule has 1 atom stereocenters. The number of carboxylic acid groups (broad SMARTS) is 1. The maximum Gasteiger partial charge on any atom is 0.324 e. The number of carboxylic acids is 1. The Labute approximate surface area is 117 Å². The largest absolute Gasteiger partial charge is 0.494 e. The number of rotatable bonds is 8. The van der Waals surface area contributed by atoms with Crippen molar-refractivity contribution in [2.75, 3.05) is 13.2 Å². The van der Waals surface area contributed by atoms with Gasteiger partial charge < -0.3 is 14.9 Å². The van der Waals surface area contributed by atoms with Crippen molar-refractivity contribution in [1.82, 2.24) is 4.72 Å². The highest BCUT2D eigenvalue weighted by Crippen LogP contribution is 2.16. The molecule has 0 aromatic heterocycles. The molecule has 7 nitrogen and oxygen atoms in total. The summed E-state index contributed by atoms with van der Waals surface area (Å²) in [4.78, 5) is 10.6. The first-order valence-electron chi connectivity index (χ1n) is 5.99. The van der Waals surface area contributed by atoms with E-state index in [0.717, 1.165) is 6.42 Å². The molecule has 112 valence electrons. The molecule has 0 radical (unpaired) electrons. The van der Waals surface area contributed by atoms with Crippen LogP contribution in [-0.2, 0) is 14.8 Å². The van der Waals surface area contributed by atoms with Crippen LogP contribution in [0.5, 0.6) is 5.75 Å². The Hall–Kier alpha value is -1.64. The number of carbonyl (C=O) groups is 1. The first-order chi connectivity index (χ1) is 9.40. The fraction of sp³-hybridized carbons (Fsp3) is 0.417. The molecule has 20 heavy (non-hydrogen) atoms. The second-order valence-electron chi connectivity index (χ2n) is 4.01. The molecule has 0 heterocycles. The molecule has 0 aliphatic carbocycles. The number of nitrogens with one attached hydrogen (secondary N) is 1. The zero-order chi connectivity index (χ0) is 15.2. The van der Waals surface area contributed by atoms with E-state index < -0.39 is 28.6 Å². The van der Waals surface area contributed by atoms with Crippen LogP contribution in [0, 0.1) is 0 Å². The smallest absolute Gasteiger partial charge is 0.324 e. The summed E-state index contributed by atoms with van der Waals surface area (Å²) in [5.74, 6) is -0.915. The van der Waals surface area contributed by atoms with Crippen LogP contribution in [0.3, 0.4) is 0 Å². The molecule has 0 fully saturated rings. The summed E-state index contributed by atoms with van der Waals surface area (Å²) >= 11 is 0. The topological polar surface area (TPSA) is 113 Å². The highest BCUT2D eigenvalue weighted by atomic mass is 32.2. The van der Waals surface area contributed by atoms with Crippen LogP contribution < -0.4 is 9.46 Å². The van der Waals surface area contributed by atoms with E-state index in [9.17, 15) is 13.2 Å². The zero-order valence-electron chi connectivity index (χ0n) is 10.9. The number of benzene rings is 1. The van der Waals surface area contributed by atoms with Gasteiger partial charge in [0, 0.05) is 0 Å². The van der Waals surface area contributed by atoms with Gasteiger partial charge in [0.15, 0.2) is 0 Å². The van der Waals surface area contributed by atoms with Crippen molar-refractivity contribution < 1.29 is 28.2 Å².